The first-order chi connectivity index (χ1) is 9.20. The summed E-state index contributed by atoms with van der Waals surface area (Å²) >= 11 is 0. The molecule has 0 bridgehead atoms. The van der Waals surface area contributed by atoms with E-state index in [9.17, 15) is 4.79 Å². The Morgan fingerprint density at radius 3 is 2.58 bits per heavy atom. The van der Waals surface area contributed by atoms with Crippen LogP contribution >= 0.6 is 0 Å². The lowest BCUT2D eigenvalue weighted by atomic mass is 10.0. The van der Waals surface area contributed by atoms with Gasteiger partial charge >= 0.3 is 6.09 Å². The smallest absolute Gasteiger partial charge is 0.404 e. The molecule has 0 aliphatic rings. The summed E-state index contributed by atoms with van der Waals surface area (Å²) in [5, 5.41) is 13.2. The molecule has 0 radical (unpaired) electrons. The Hall–Kier alpha value is -2.23. The third-order valence-corrected chi connectivity index (χ3v) is 2.90. The Balaban J connectivity index is 2.27. The van der Waals surface area contributed by atoms with Gasteiger partial charge in [0.15, 0.2) is 0 Å². The van der Waals surface area contributed by atoms with Crippen LogP contribution in [0.15, 0.2) is 36.4 Å². The summed E-state index contributed by atoms with van der Waals surface area (Å²) in [5.41, 5.74) is 1.02. The molecule has 0 aliphatic heterocycles. The molecule has 0 heterocycles. The van der Waals surface area contributed by atoms with Crippen molar-refractivity contribution in [2.24, 2.45) is 0 Å². The van der Waals surface area contributed by atoms with Crippen LogP contribution in [0, 0.1) is 0 Å². The second-order valence-corrected chi connectivity index (χ2v) is 4.22. The van der Waals surface area contributed by atoms with Crippen LogP contribution in [0.2, 0.25) is 0 Å². The molecule has 2 rings (SSSR count). The van der Waals surface area contributed by atoms with Crippen LogP contribution in [0.4, 0.5) is 4.79 Å². The van der Waals surface area contributed by atoms with Crippen molar-refractivity contribution in [1.29, 1.82) is 0 Å². The highest BCUT2D eigenvalue weighted by Gasteiger charge is 2.06. The number of nitrogens with one attached hydrogen (secondary N) is 1. The molecule has 0 aromatic heterocycles. The van der Waals surface area contributed by atoms with E-state index in [4.69, 9.17) is 9.84 Å². The van der Waals surface area contributed by atoms with Crippen LogP contribution in [0.5, 0.6) is 5.75 Å². The topological polar surface area (TPSA) is 58.6 Å². The van der Waals surface area contributed by atoms with E-state index < -0.39 is 6.09 Å². The zero-order valence-electron chi connectivity index (χ0n) is 10.8. The number of ether oxygens (including phenoxy) is 1. The second kappa shape index (κ2) is 6.09. The number of hydrogen-bond acceptors (Lipinski definition) is 2. The van der Waals surface area contributed by atoms with Crippen LogP contribution in [0.25, 0.3) is 10.8 Å². The van der Waals surface area contributed by atoms with E-state index in [1.807, 2.05) is 37.3 Å². The SMILES string of the molecule is CCOc1cc2ccccc2cc1CCNC(=O)O. The molecule has 100 valence electrons. The zero-order chi connectivity index (χ0) is 13.7. The maximum Gasteiger partial charge on any atom is 0.404 e. The summed E-state index contributed by atoms with van der Waals surface area (Å²) < 4.78 is 5.63. The Morgan fingerprint density at radius 1 is 1.26 bits per heavy atom. The Kier molecular flexibility index (Phi) is 4.23. The molecule has 0 spiro atoms. The van der Waals surface area contributed by atoms with Gasteiger partial charge in [-0.3, -0.25) is 0 Å². The number of rotatable bonds is 5. The van der Waals surface area contributed by atoms with Gasteiger partial charge in [0.05, 0.1) is 6.61 Å². The Labute approximate surface area is 112 Å². The van der Waals surface area contributed by atoms with Crippen molar-refractivity contribution in [3.63, 3.8) is 0 Å². The van der Waals surface area contributed by atoms with E-state index in [1.54, 1.807) is 0 Å². The molecule has 0 saturated carbocycles. The van der Waals surface area contributed by atoms with Gasteiger partial charge in [-0.1, -0.05) is 24.3 Å². The van der Waals surface area contributed by atoms with Gasteiger partial charge in [-0.2, -0.15) is 0 Å². The molecular formula is C15H17NO3. The van der Waals surface area contributed by atoms with Gasteiger partial charge in [0.2, 0.25) is 0 Å². The fourth-order valence-corrected chi connectivity index (χ4v) is 2.06. The molecule has 0 unspecified atom stereocenters. The molecule has 1 amide bonds. The van der Waals surface area contributed by atoms with Gasteiger partial charge in [-0.05, 0) is 41.8 Å². The monoisotopic (exact) mass is 259 g/mol. The van der Waals surface area contributed by atoms with Gasteiger partial charge in [0, 0.05) is 6.54 Å². The molecule has 2 aromatic carbocycles. The second-order valence-electron chi connectivity index (χ2n) is 4.22. The Morgan fingerprint density at radius 2 is 1.95 bits per heavy atom. The molecule has 0 fully saturated rings. The van der Waals surface area contributed by atoms with Crippen LogP contribution in [0.1, 0.15) is 12.5 Å². The predicted molar refractivity (Wildman–Crippen MR) is 74.8 cm³/mol. The highest BCUT2D eigenvalue weighted by molar-refractivity contribution is 5.85. The molecular weight excluding hydrogens is 242 g/mol. The van der Waals surface area contributed by atoms with Crippen LogP contribution in [0.3, 0.4) is 0 Å². The van der Waals surface area contributed by atoms with Crippen LogP contribution < -0.4 is 10.1 Å². The molecule has 0 atom stereocenters. The number of fused-ring (bicyclic) bond motifs is 1. The number of benzene rings is 2. The van der Waals surface area contributed by atoms with Crippen molar-refractivity contribution in [3.05, 3.63) is 42.0 Å². The van der Waals surface area contributed by atoms with Gasteiger partial charge in [-0.25, -0.2) is 4.79 Å². The fraction of sp³-hybridized carbons (Fsp3) is 0.267. The average molecular weight is 259 g/mol. The maximum atomic E-state index is 10.5. The highest BCUT2D eigenvalue weighted by atomic mass is 16.5. The minimum absolute atomic E-state index is 0.383. The predicted octanol–water partition coefficient (Wildman–Crippen LogP) is 3.05. The van der Waals surface area contributed by atoms with Crippen molar-refractivity contribution in [2.75, 3.05) is 13.2 Å². The molecule has 2 aromatic rings. The zero-order valence-corrected chi connectivity index (χ0v) is 10.8. The summed E-state index contributed by atoms with van der Waals surface area (Å²) in [5.74, 6) is 0.827. The van der Waals surface area contributed by atoms with Gasteiger partial charge in [-0.15, -0.1) is 0 Å². The van der Waals surface area contributed by atoms with Gasteiger partial charge < -0.3 is 15.2 Å². The van der Waals surface area contributed by atoms with Gasteiger partial charge in [0.25, 0.3) is 0 Å². The Bertz CT molecular complexity index is 581. The summed E-state index contributed by atoms with van der Waals surface area (Å²) in [6, 6.07) is 12.1. The average Bonchev–Trinajstić information content (AvgIpc) is 2.39. The number of carbonyl (C=O) groups is 1. The first-order valence-electron chi connectivity index (χ1n) is 6.32. The largest absolute Gasteiger partial charge is 0.494 e. The van der Waals surface area contributed by atoms with E-state index in [1.165, 1.54) is 0 Å². The third kappa shape index (κ3) is 3.37. The maximum absolute atomic E-state index is 10.5. The lowest BCUT2D eigenvalue weighted by molar-refractivity contribution is 0.194. The summed E-state index contributed by atoms with van der Waals surface area (Å²) in [7, 11) is 0. The summed E-state index contributed by atoms with van der Waals surface area (Å²) in [6.07, 6.45) is -0.384. The molecule has 0 saturated heterocycles. The standard InChI is InChI=1S/C15H17NO3/c1-2-19-14-10-12-6-4-3-5-11(12)9-13(14)7-8-16-15(17)18/h3-6,9-10,16H,2,7-8H2,1H3,(H,17,18). The van der Waals surface area contributed by atoms with Crippen molar-refractivity contribution >= 4 is 16.9 Å². The van der Waals surface area contributed by atoms with Crippen LogP contribution in [-0.4, -0.2) is 24.4 Å². The summed E-state index contributed by atoms with van der Waals surface area (Å²) in [4.78, 5) is 10.5. The van der Waals surface area contributed by atoms with Crippen molar-refractivity contribution < 1.29 is 14.6 Å². The van der Waals surface area contributed by atoms with Crippen LogP contribution in [-0.2, 0) is 6.42 Å². The molecule has 4 nitrogen and oxygen atoms in total. The lowest BCUT2D eigenvalue weighted by Gasteiger charge is -2.12. The first kappa shape index (κ1) is 13.2. The van der Waals surface area contributed by atoms with Crippen molar-refractivity contribution in [3.8, 4) is 5.75 Å². The van der Waals surface area contributed by atoms with E-state index in [2.05, 4.69) is 11.4 Å². The number of amides is 1. The fourth-order valence-electron chi connectivity index (χ4n) is 2.06. The first-order valence-corrected chi connectivity index (χ1v) is 6.32. The van der Waals surface area contributed by atoms with E-state index in [0.717, 1.165) is 22.1 Å². The quantitative estimate of drug-likeness (QED) is 0.867. The molecule has 2 N–H and O–H groups in total. The van der Waals surface area contributed by atoms with Crippen molar-refractivity contribution in [1.82, 2.24) is 5.32 Å². The van der Waals surface area contributed by atoms with E-state index in [0.29, 0.717) is 19.6 Å². The molecule has 4 heteroatoms. The third-order valence-electron chi connectivity index (χ3n) is 2.90. The highest BCUT2D eigenvalue weighted by Crippen LogP contribution is 2.26. The van der Waals surface area contributed by atoms with Gasteiger partial charge in [0.1, 0.15) is 5.75 Å². The van der Waals surface area contributed by atoms with E-state index in [-0.39, 0.29) is 0 Å². The number of hydrogen-bond donors (Lipinski definition) is 2. The molecule has 0 aliphatic carbocycles. The number of carboxylic acid groups (broad SMARTS) is 1. The van der Waals surface area contributed by atoms with E-state index >= 15 is 0 Å². The lowest BCUT2D eigenvalue weighted by Crippen LogP contribution is -2.23. The minimum Gasteiger partial charge on any atom is -0.494 e. The molecule has 19 heavy (non-hydrogen) atoms. The summed E-state index contributed by atoms with van der Waals surface area (Å²) in [6.45, 7) is 2.92. The normalized spacial score (nSPS) is 10.4. The minimum atomic E-state index is -1.00. The van der Waals surface area contributed by atoms with Crippen molar-refractivity contribution in [2.45, 2.75) is 13.3 Å².